The molecule has 0 radical (unpaired) electrons. The number of carboxylic acids is 2. The predicted octanol–water partition coefficient (Wildman–Crippen LogP) is -1.33. The van der Waals surface area contributed by atoms with Gasteiger partial charge in [-0.05, 0) is 24.3 Å². The summed E-state index contributed by atoms with van der Waals surface area (Å²) in [7, 11) is 0. The van der Waals surface area contributed by atoms with Crippen LogP contribution in [0, 0.1) is 5.92 Å². The fourth-order valence-corrected chi connectivity index (χ4v) is 3.53. The molecule has 0 aliphatic rings. The quantitative estimate of drug-likeness (QED) is 0.0645. The van der Waals surface area contributed by atoms with Gasteiger partial charge in [-0.2, -0.15) is 0 Å². The molecule has 0 saturated carbocycles. The Labute approximate surface area is 226 Å². The van der Waals surface area contributed by atoms with Crippen molar-refractivity contribution in [2.24, 2.45) is 28.1 Å². The van der Waals surface area contributed by atoms with Gasteiger partial charge in [0.05, 0.1) is 12.5 Å². The van der Waals surface area contributed by atoms with Crippen molar-refractivity contribution in [1.82, 2.24) is 16.0 Å². The van der Waals surface area contributed by atoms with Crippen LogP contribution in [0.4, 0.5) is 0 Å². The van der Waals surface area contributed by atoms with Gasteiger partial charge in [0.25, 0.3) is 0 Å². The summed E-state index contributed by atoms with van der Waals surface area (Å²) in [5.41, 5.74) is 17.4. The van der Waals surface area contributed by atoms with Gasteiger partial charge < -0.3 is 43.4 Å². The highest BCUT2D eigenvalue weighted by Crippen LogP contribution is 2.09. The van der Waals surface area contributed by atoms with Gasteiger partial charge in [-0.25, -0.2) is 4.79 Å². The van der Waals surface area contributed by atoms with E-state index < -0.39 is 60.2 Å². The number of carboxylic acid groups (broad SMARTS) is 2. The summed E-state index contributed by atoms with van der Waals surface area (Å²) in [5.74, 6) is -5.43. The minimum Gasteiger partial charge on any atom is -0.481 e. The molecule has 5 atom stereocenters. The zero-order valence-corrected chi connectivity index (χ0v) is 22.1. The van der Waals surface area contributed by atoms with E-state index in [9.17, 15) is 29.1 Å². The largest absolute Gasteiger partial charge is 0.481 e. The smallest absolute Gasteiger partial charge is 0.326 e. The van der Waals surface area contributed by atoms with Crippen molar-refractivity contribution in [1.29, 1.82) is 0 Å². The molecule has 0 aliphatic heterocycles. The van der Waals surface area contributed by atoms with Gasteiger partial charge in [0.2, 0.25) is 17.7 Å². The molecule has 0 heterocycles. The third kappa shape index (κ3) is 12.3. The summed E-state index contributed by atoms with van der Waals surface area (Å²) >= 11 is 0. The lowest BCUT2D eigenvalue weighted by molar-refractivity contribution is -0.147. The molecule has 1 rings (SSSR count). The Morgan fingerprint density at radius 3 is 2.00 bits per heavy atom. The average molecular weight is 550 g/mol. The van der Waals surface area contributed by atoms with Gasteiger partial charge >= 0.3 is 11.9 Å². The Balaban J connectivity index is 3.18. The third-order valence-electron chi connectivity index (χ3n) is 6.05. The number of hydrogen-bond donors (Lipinski definition) is 8. The number of aliphatic carboxylic acids is 2. The lowest BCUT2D eigenvalue weighted by Gasteiger charge is -2.26. The summed E-state index contributed by atoms with van der Waals surface area (Å²) in [4.78, 5) is 65.6. The minimum absolute atomic E-state index is 0.0289. The molecular formula is C25H39N7O7. The number of carbonyl (C=O) groups excluding carboxylic acids is 3. The normalized spacial score (nSPS) is 14.5. The summed E-state index contributed by atoms with van der Waals surface area (Å²) < 4.78 is 0. The van der Waals surface area contributed by atoms with E-state index in [1.807, 2.05) is 6.92 Å². The van der Waals surface area contributed by atoms with Crippen LogP contribution in [-0.4, -0.2) is 76.5 Å². The van der Waals surface area contributed by atoms with Crippen LogP contribution < -0.4 is 33.2 Å². The second-order valence-corrected chi connectivity index (χ2v) is 9.17. The number of rotatable bonds is 17. The van der Waals surface area contributed by atoms with Crippen LogP contribution in [0.3, 0.4) is 0 Å². The van der Waals surface area contributed by atoms with E-state index in [0.29, 0.717) is 18.4 Å². The fraction of sp³-hybridized carbons (Fsp3) is 0.520. The summed E-state index contributed by atoms with van der Waals surface area (Å²) in [6, 6.07) is 3.63. The van der Waals surface area contributed by atoms with Gasteiger partial charge in [-0.3, -0.25) is 24.2 Å². The van der Waals surface area contributed by atoms with Crippen molar-refractivity contribution in [3.63, 3.8) is 0 Å². The van der Waals surface area contributed by atoms with E-state index in [2.05, 4.69) is 20.9 Å². The maximum atomic E-state index is 13.3. The highest BCUT2D eigenvalue weighted by atomic mass is 16.4. The number of aliphatic imine (C=N–C) groups is 1. The zero-order valence-electron chi connectivity index (χ0n) is 22.1. The molecule has 14 nitrogen and oxygen atoms in total. The van der Waals surface area contributed by atoms with Crippen LogP contribution in [0.5, 0.6) is 0 Å². The molecule has 0 aliphatic carbocycles. The van der Waals surface area contributed by atoms with E-state index in [1.165, 1.54) is 0 Å². The average Bonchev–Trinajstić information content (AvgIpc) is 2.88. The molecule has 3 amide bonds. The first-order valence-electron chi connectivity index (χ1n) is 12.6. The molecule has 11 N–H and O–H groups in total. The summed E-state index contributed by atoms with van der Waals surface area (Å²) in [5, 5.41) is 25.7. The maximum Gasteiger partial charge on any atom is 0.326 e. The van der Waals surface area contributed by atoms with Gasteiger partial charge in [0.1, 0.15) is 18.1 Å². The van der Waals surface area contributed by atoms with Crippen LogP contribution in [0.15, 0.2) is 35.3 Å². The van der Waals surface area contributed by atoms with E-state index in [4.69, 9.17) is 22.3 Å². The van der Waals surface area contributed by atoms with Crippen LogP contribution in [0.25, 0.3) is 0 Å². The molecule has 0 aromatic heterocycles. The van der Waals surface area contributed by atoms with Crippen molar-refractivity contribution in [2.75, 3.05) is 6.54 Å². The number of amides is 3. The number of hydrogen-bond acceptors (Lipinski definition) is 7. The number of nitrogens with one attached hydrogen (secondary N) is 3. The van der Waals surface area contributed by atoms with Gasteiger partial charge in [-0.1, -0.05) is 50.6 Å². The standard InChI is InChI=1S/C25H39N7O7/c1-3-14(2)20(26)23(37)30-16(10-7-11-29-25(27)28)21(35)31-17(12-15-8-5-4-6-9-15)22(36)32-18(24(38)39)13-19(33)34/h4-6,8-9,14,16-18,20H,3,7,10-13,26H2,1-2H3,(H,30,37)(H,31,35)(H,32,36)(H,33,34)(H,38,39)(H4,27,28,29). The topological polar surface area (TPSA) is 252 Å². The number of guanidine groups is 1. The molecule has 39 heavy (non-hydrogen) atoms. The molecule has 216 valence electrons. The first kappa shape index (κ1) is 32.8. The van der Waals surface area contributed by atoms with Gasteiger partial charge in [-0.15, -0.1) is 0 Å². The summed E-state index contributed by atoms with van der Waals surface area (Å²) in [6.07, 6.45) is 0.168. The Kier molecular flexibility index (Phi) is 14.0. The molecule has 14 heteroatoms. The van der Waals surface area contributed by atoms with Crippen molar-refractivity contribution < 1.29 is 34.2 Å². The fourth-order valence-electron chi connectivity index (χ4n) is 3.53. The SMILES string of the molecule is CCC(C)C(N)C(=O)NC(CCCN=C(N)N)C(=O)NC(Cc1ccccc1)C(=O)NC(CC(=O)O)C(=O)O. The molecule has 0 spiro atoms. The van der Waals surface area contributed by atoms with E-state index in [0.717, 1.165) is 0 Å². The van der Waals surface area contributed by atoms with E-state index in [-0.39, 0.29) is 31.3 Å². The van der Waals surface area contributed by atoms with Crippen molar-refractivity contribution in [2.45, 2.75) is 70.1 Å². The molecule has 0 saturated heterocycles. The zero-order chi connectivity index (χ0) is 29.5. The van der Waals surface area contributed by atoms with Crippen LogP contribution in [0.2, 0.25) is 0 Å². The van der Waals surface area contributed by atoms with Crippen LogP contribution in [0.1, 0.15) is 45.1 Å². The number of benzene rings is 1. The molecule has 0 fully saturated rings. The van der Waals surface area contributed by atoms with E-state index >= 15 is 0 Å². The highest BCUT2D eigenvalue weighted by Gasteiger charge is 2.31. The van der Waals surface area contributed by atoms with Crippen molar-refractivity contribution in [3.05, 3.63) is 35.9 Å². The lowest BCUT2D eigenvalue weighted by atomic mass is 9.98. The molecule has 1 aromatic carbocycles. The number of carbonyl (C=O) groups is 5. The molecule has 5 unspecified atom stereocenters. The second kappa shape index (κ2) is 16.6. The Morgan fingerprint density at radius 2 is 1.46 bits per heavy atom. The lowest BCUT2D eigenvalue weighted by Crippen LogP contribution is -2.58. The molecule has 0 bridgehead atoms. The van der Waals surface area contributed by atoms with Crippen LogP contribution in [-0.2, 0) is 30.4 Å². The van der Waals surface area contributed by atoms with Crippen molar-refractivity contribution in [3.8, 4) is 0 Å². The van der Waals surface area contributed by atoms with E-state index in [1.54, 1.807) is 37.3 Å². The Morgan fingerprint density at radius 1 is 0.897 bits per heavy atom. The number of nitrogens with two attached hydrogens (primary N) is 3. The first-order chi connectivity index (χ1) is 18.3. The Hall–Kier alpha value is -4.20. The minimum atomic E-state index is -1.71. The van der Waals surface area contributed by atoms with Gasteiger partial charge in [0, 0.05) is 13.0 Å². The van der Waals surface area contributed by atoms with Crippen LogP contribution >= 0.6 is 0 Å². The predicted molar refractivity (Wildman–Crippen MR) is 143 cm³/mol. The third-order valence-corrected chi connectivity index (χ3v) is 6.05. The highest BCUT2D eigenvalue weighted by molar-refractivity contribution is 5.94. The molecule has 1 aromatic rings. The maximum absolute atomic E-state index is 13.3. The molecular weight excluding hydrogens is 510 g/mol. The monoisotopic (exact) mass is 549 g/mol. The number of nitrogens with zero attached hydrogens (tertiary/aromatic N) is 1. The van der Waals surface area contributed by atoms with Gasteiger partial charge in [0.15, 0.2) is 5.96 Å². The second-order valence-electron chi connectivity index (χ2n) is 9.17. The van der Waals surface area contributed by atoms with Crippen molar-refractivity contribution >= 4 is 35.6 Å². The first-order valence-corrected chi connectivity index (χ1v) is 12.6. The summed E-state index contributed by atoms with van der Waals surface area (Å²) in [6.45, 7) is 3.86. The Bertz CT molecular complexity index is 1020.